The maximum absolute atomic E-state index is 14.1. The molecule has 1 aromatic rings. The van der Waals surface area contributed by atoms with Crippen LogP contribution in [0.1, 0.15) is 24.8 Å². The van der Waals surface area contributed by atoms with E-state index < -0.39 is 11.8 Å². The number of carbonyl (C=O) groups excluding carboxylic acids is 1. The number of hydrogen-bond acceptors (Lipinski definition) is 3. The minimum absolute atomic E-state index is 0.139. The van der Waals surface area contributed by atoms with Gasteiger partial charge in [0.2, 0.25) is 0 Å². The topological polar surface area (TPSA) is 49.8 Å². The molecule has 1 aliphatic heterocycles. The fourth-order valence-electron chi connectivity index (χ4n) is 2.35. The van der Waals surface area contributed by atoms with Crippen molar-refractivity contribution in [2.24, 2.45) is 0 Å². The number of amides is 1. The molecule has 0 bridgehead atoms. The second-order valence-corrected chi connectivity index (χ2v) is 5.15. The van der Waals surface area contributed by atoms with Crippen LogP contribution in [0.15, 0.2) is 30.3 Å². The summed E-state index contributed by atoms with van der Waals surface area (Å²) in [6.45, 7) is 0.747. The summed E-state index contributed by atoms with van der Waals surface area (Å²) in [5.74, 6) is 0. The van der Waals surface area contributed by atoms with Gasteiger partial charge in [0.05, 0.1) is 0 Å². The van der Waals surface area contributed by atoms with Crippen molar-refractivity contribution in [2.75, 3.05) is 19.7 Å². The zero-order chi connectivity index (χ0) is 14.4. The molecule has 1 fully saturated rings. The quantitative estimate of drug-likeness (QED) is 0.922. The highest BCUT2D eigenvalue weighted by Crippen LogP contribution is 2.29. The Labute approximate surface area is 118 Å². The Balaban J connectivity index is 1.77. The Kier molecular flexibility index (Phi) is 4.95. The van der Waals surface area contributed by atoms with Gasteiger partial charge in [-0.15, -0.1) is 0 Å². The molecule has 1 heterocycles. The predicted octanol–water partition coefficient (Wildman–Crippen LogP) is 2.51. The Morgan fingerprint density at radius 3 is 2.55 bits per heavy atom. The molecule has 1 N–H and O–H groups in total. The van der Waals surface area contributed by atoms with Gasteiger partial charge in [-0.05, 0) is 18.4 Å². The van der Waals surface area contributed by atoms with E-state index in [1.807, 2.05) is 30.3 Å². The highest BCUT2D eigenvalue weighted by atomic mass is 19.1. The smallest absolute Gasteiger partial charge is 0.410 e. The Morgan fingerprint density at radius 1 is 1.30 bits per heavy atom. The van der Waals surface area contributed by atoms with E-state index in [1.54, 1.807) is 0 Å². The van der Waals surface area contributed by atoms with Crippen LogP contribution in [0, 0.1) is 0 Å². The molecule has 2 rings (SSSR count). The number of rotatable bonds is 4. The van der Waals surface area contributed by atoms with Crippen LogP contribution in [0.4, 0.5) is 9.18 Å². The lowest BCUT2D eigenvalue weighted by molar-refractivity contribution is 0.0271. The summed E-state index contributed by atoms with van der Waals surface area (Å²) in [4.78, 5) is 13.4. The number of carbonyl (C=O) groups is 1. The van der Waals surface area contributed by atoms with E-state index in [0.717, 1.165) is 5.56 Å². The third-order valence-electron chi connectivity index (χ3n) is 3.68. The molecule has 0 aliphatic carbocycles. The Hall–Kier alpha value is -1.62. The van der Waals surface area contributed by atoms with Gasteiger partial charge >= 0.3 is 6.09 Å². The molecular weight excluding hydrogens is 261 g/mol. The van der Waals surface area contributed by atoms with Crippen LogP contribution < -0.4 is 0 Å². The average Bonchev–Trinajstić information content (AvgIpc) is 2.47. The number of halogens is 1. The first-order valence-corrected chi connectivity index (χ1v) is 6.88. The molecule has 4 nitrogen and oxygen atoms in total. The van der Waals surface area contributed by atoms with E-state index in [9.17, 15) is 9.18 Å². The normalized spacial score (nSPS) is 17.8. The molecule has 0 saturated carbocycles. The molecular formula is C15H20FNO3. The number of likely N-dealkylation sites (tertiary alicyclic amines) is 1. The molecule has 0 spiro atoms. The van der Waals surface area contributed by atoms with Crippen molar-refractivity contribution in [3.8, 4) is 0 Å². The first-order valence-electron chi connectivity index (χ1n) is 6.88. The Morgan fingerprint density at radius 2 is 1.95 bits per heavy atom. The van der Waals surface area contributed by atoms with Crippen LogP contribution in [-0.2, 0) is 11.3 Å². The van der Waals surface area contributed by atoms with E-state index >= 15 is 0 Å². The van der Waals surface area contributed by atoms with E-state index in [2.05, 4.69) is 0 Å². The molecule has 0 aromatic heterocycles. The van der Waals surface area contributed by atoms with E-state index in [4.69, 9.17) is 9.84 Å². The van der Waals surface area contributed by atoms with Crippen molar-refractivity contribution in [1.29, 1.82) is 0 Å². The van der Waals surface area contributed by atoms with Crippen molar-refractivity contribution in [3.05, 3.63) is 35.9 Å². The van der Waals surface area contributed by atoms with Gasteiger partial charge in [0.25, 0.3) is 0 Å². The number of aliphatic hydroxyl groups excluding tert-OH is 1. The van der Waals surface area contributed by atoms with E-state index in [-0.39, 0.29) is 32.5 Å². The molecule has 110 valence electrons. The number of benzene rings is 1. The van der Waals surface area contributed by atoms with E-state index in [1.165, 1.54) is 4.90 Å². The summed E-state index contributed by atoms with van der Waals surface area (Å²) < 4.78 is 19.3. The molecule has 1 aliphatic rings. The minimum atomic E-state index is -1.34. The first kappa shape index (κ1) is 14.8. The van der Waals surface area contributed by atoms with E-state index in [0.29, 0.717) is 13.1 Å². The monoisotopic (exact) mass is 281 g/mol. The average molecular weight is 281 g/mol. The molecule has 1 amide bonds. The van der Waals surface area contributed by atoms with Gasteiger partial charge < -0.3 is 14.7 Å². The van der Waals surface area contributed by atoms with Crippen LogP contribution in [-0.4, -0.2) is 41.5 Å². The molecule has 0 unspecified atom stereocenters. The van der Waals surface area contributed by atoms with Crippen molar-refractivity contribution in [3.63, 3.8) is 0 Å². The standard InChI is InChI=1S/C15H20FNO3/c16-15(8-11-18)6-9-17(10-7-15)14(19)20-12-13-4-2-1-3-5-13/h1-5,18H,6-12H2. The largest absolute Gasteiger partial charge is 0.445 e. The number of nitrogens with zero attached hydrogens (tertiary/aromatic N) is 1. The van der Waals surface area contributed by atoms with Crippen LogP contribution in [0.3, 0.4) is 0 Å². The predicted molar refractivity (Wildman–Crippen MR) is 73.0 cm³/mol. The molecule has 20 heavy (non-hydrogen) atoms. The first-order chi connectivity index (χ1) is 9.63. The zero-order valence-corrected chi connectivity index (χ0v) is 11.4. The molecule has 5 heteroatoms. The maximum Gasteiger partial charge on any atom is 0.410 e. The maximum atomic E-state index is 14.1. The summed E-state index contributed by atoms with van der Waals surface area (Å²) in [5, 5.41) is 8.82. The lowest BCUT2D eigenvalue weighted by Crippen LogP contribution is -2.45. The number of ether oxygens (including phenoxy) is 1. The van der Waals surface area contributed by atoms with Gasteiger partial charge in [-0.25, -0.2) is 9.18 Å². The lowest BCUT2D eigenvalue weighted by atomic mass is 9.90. The Bertz CT molecular complexity index is 430. The third kappa shape index (κ3) is 3.93. The molecule has 0 radical (unpaired) electrons. The van der Waals surface area contributed by atoms with Crippen molar-refractivity contribution >= 4 is 6.09 Å². The number of piperidine rings is 1. The highest BCUT2D eigenvalue weighted by Gasteiger charge is 2.35. The highest BCUT2D eigenvalue weighted by molar-refractivity contribution is 5.67. The van der Waals surface area contributed by atoms with Crippen LogP contribution in [0.5, 0.6) is 0 Å². The van der Waals surface area contributed by atoms with Crippen molar-refractivity contribution in [1.82, 2.24) is 4.90 Å². The second-order valence-electron chi connectivity index (χ2n) is 5.15. The number of alkyl halides is 1. The van der Waals surface area contributed by atoms with Crippen LogP contribution in [0.2, 0.25) is 0 Å². The lowest BCUT2D eigenvalue weighted by Gasteiger charge is -2.35. The summed E-state index contributed by atoms with van der Waals surface area (Å²) in [6, 6.07) is 9.44. The minimum Gasteiger partial charge on any atom is -0.445 e. The van der Waals surface area contributed by atoms with Gasteiger partial charge in [-0.2, -0.15) is 0 Å². The molecule has 1 aromatic carbocycles. The van der Waals surface area contributed by atoms with Crippen LogP contribution in [0.25, 0.3) is 0 Å². The summed E-state index contributed by atoms with van der Waals surface area (Å²) in [7, 11) is 0. The van der Waals surface area contributed by atoms with Gasteiger partial charge in [0, 0.05) is 26.1 Å². The van der Waals surface area contributed by atoms with Gasteiger partial charge in [0.1, 0.15) is 12.3 Å². The summed E-state index contributed by atoms with van der Waals surface area (Å²) in [6.07, 6.45) is 0.252. The SMILES string of the molecule is O=C(OCc1ccccc1)N1CCC(F)(CCO)CC1. The summed E-state index contributed by atoms with van der Waals surface area (Å²) in [5.41, 5.74) is -0.414. The fourth-order valence-corrected chi connectivity index (χ4v) is 2.35. The third-order valence-corrected chi connectivity index (χ3v) is 3.68. The van der Waals surface area contributed by atoms with Gasteiger partial charge in [0.15, 0.2) is 0 Å². The van der Waals surface area contributed by atoms with Crippen molar-refractivity contribution < 1.29 is 19.0 Å². The second kappa shape index (κ2) is 6.70. The molecule has 1 saturated heterocycles. The van der Waals surface area contributed by atoms with Crippen LogP contribution >= 0.6 is 0 Å². The van der Waals surface area contributed by atoms with Gasteiger partial charge in [-0.3, -0.25) is 0 Å². The molecule has 0 atom stereocenters. The van der Waals surface area contributed by atoms with Crippen molar-refractivity contribution in [2.45, 2.75) is 31.5 Å². The number of aliphatic hydroxyl groups is 1. The summed E-state index contributed by atoms with van der Waals surface area (Å²) >= 11 is 0. The van der Waals surface area contributed by atoms with Gasteiger partial charge in [-0.1, -0.05) is 30.3 Å². The number of hydrogen-bond donors (Lipinski definition) is 1. The zero-order valence-electron chi connectivity index (χ0n) is 11.4. The fraction of sp³-hybridized carbons (Fsp3) is 0.533.